The van der Waals surface area contributed by atoms with Crippen LogP contribution in [0.15, 0.2) is 42.5 Å². The van der Waals surface area contributed by atoms with Gasteiger partial charge in [0, 0.05) is 18.8 Å². The summed E-state index contributed by atoms with van der Waals surface area (Å²) in [6, 6.07) is 15.8. The Bertz CT molecular complexity index is 627. The average molecular weight is 279 g/mol. The van der Waals surface area contributed by atoms with E-state index in [1.165, 1.54) is 34.4 Å². The largest absolute Gasteiger partial charge is 0.372 e. The lowest BCUT2D eigenvalue weighted by Crippen LogP contribution is -2.24. The highest BCUT2D eigenvalue weighted by molar-refractivity contribution is 5.79. The fourth-order valence-corrected chi connectivity index (χ4v) is 3.19. The van der Waals surface area contributed by atoms with Gasteiger partial charge in [0.1, 0.15) is 0 Å². The van der Waals surface area contributed by atoms with Crippen LogP contribution in [-0.2, 0) is 6.42 Å². The van der Waals surface area contributed by atoms with E-state index < -0.39 is 0 Å². The van der Waals surface area contributed by atoms with E-state index in [1.54, 1.807) is 0 Å². The topological polar surface area (TPSA) is 3.24 Å². The monoisotopic (exact) mass is 279 g/mol. The molecule has 2 aromatic rings. The SMILES string of the molecule is CCN(CCC(C)C)c1ccc2c(c1)-c1ccccc1C2. The Labute approximate surface area is 128 Å². The van der Waals surface area contributed by atoms with Crippen molar-refractivity contribution in [2.75, 3.05) is 18.0 Å². The third-order valence-electron chi connectivity index (χ3n) is 4.51. The van der Waals surface area contributed by atoms with Crippen LogP contribution in [0.4, 0.5) is 5.69 Å². The van der Waals surface area contributed by atoms with Crippen LogP contribution in [0.25, 0.3) is 11.1 Å². The van der Waals surface area contributed by atoms with E-state index in [4.69, 9.17) is 0 Å². The van der Waals surface area contributed by atoms with Crippen molar-refractivity contribution in [1.29, 1.82) is 0 Å². The number of fused-ring (bicyclic) bond motifs is 3. The average Bonchev–Trinajstić information content (AvgIpc) is 2.85. The lowest BCUT2D eigenvalue weighted by atomic mass is 10.0. The third kappa shape index (κ3) is 2.83. The summed E-state index contributed by atoms with van der Waals surface area (Å²) < 4.78 is 0. The second-order valence-corrected chi connectivity index (χ2v) is 6.44. The van der Waals surface area contributed by atoms with E-state index in [2.05, 4.69) is 68.1 Å². The molecular formula is C20H25N. The molecule has 0 spiro atoms. The number of rotatable bonds is 5. The molecule has 2 aromatic carbocycles. The smallest absolute Gasteiger partial charge is 0.0372 e. The molecule has 0 heterocycles. The van der Waals surface area contributed by atoms with Crippen molar-refractivity contribution in [3.8, 4) is 11.1 Å². The standard InChI is InChI=1S/C20H25N/c1-4-21(12-11-15(2)3)18-10-9-17-13-16-7-5-6-8-19(16)20(17)14-18/h5-10,14-15H,4,11-13H2,1-3H3. The summed E-state index contributed by atoms with van der Waals surface area (Å²) >= 11 is 0. The molecule has 110 valence electrons. The fraction of sp³-hybridized carbons (Fsp3) is 0.400. The molecule has 1 nitrogen and oxygen atoms in total. The molecule has 3 rings (SSSR count). The lowest BCUT2D eigenvalue weighted by Gasteiger charge is -2.24. The van der Waals surface area contributed by atoms with Gasteiger partial charge in [0.2, 0.25) is 0 Å². The molecule has 0 radical (unpaired) electrons. The zero-order valence-electron chi connectivity index (χ0n) is 13.4. The first-order valence-corrected chi connectivity index (χ1v) is 8.15. The summed E-state index contributed by atoms with van der Waals surface area (Å²) in [4.78, 5) is 2.50. The van der Waals surface area contributed by atoms with Gasteiger partial charge in [-0.3, -0.25) is 0 Å². The van der Waals surface area contributed by atoms with Crippen LogP contribution in [0.2, 0.25) is 0 Å². The molecule has 0 aromatic heterocycles. The van der Waals surface area contributed by atoms with Gasteiger partial charge in [-0.1, -0.05) is 44.2 Å². The number of nitrogens with zero attached hydrogens (tertiary/aromatic N) is 1. The van der Waals surface area contributed by atoms with E-state index in [9.17, 15) is 0 Å². The highest BCUT2D eigenvalue weighted by Gasteiger charge is 2.18. The summed E-state index contributed by atoms with van der Waals surface area (Å²) in [7, 11) is 0. The second kappa shape index (κ2) is 5.93. The molecule has 1 aliphatic carbocycles. The van der Waals surface area contributed by atoms with Crippen molar-refractivity contribution < 1.29 is 0 Å². The van der Waals surface area contributed by atoms with Gasteiger partial charge in [-0.15, -0.1) is 0 Å². The molecule has 0 aliphatic heterocycles. The van der Waals surface area contributed by atoms with Crippen LogP contribution in [0.1, 0.15) is 38.3 Å². The molecule has 0 saturated carbocycles. The summed E-state index contributed by atoms with van der Waals surface area (Å²) in [6.07, 6.45) is 2.34. The zero-order chi connectivity index (χ0) is 14.8. The van der Waals surface area contributed by atoms with Crippen molar-refractivity contribution in [2.45, 2.75) is 33.6 Å². The summed E-state index contributed by atoms with van der Waals surface area (Å²) in [5.74, 6) is 0.759. The van der Waals surface area contributed by atoms with Crippen LogP contribution in [0.5, 0.6) is 0 Å². The molecule has 0 atom stereocenters. The summed E-state index contributed by atoms with van der Waals surface area (Å²) in [6.45, 7) is 9.07. The molecule has 0 bridgehead atoms. The Morgan fingerprint density at radius 3 is 2.52 bits per heavy atom. The maximum absolute atomic E-state index is 2.50. The number of hydrogen-bond donors (Lipinski definition) is 0. The van der Waals surface area contributed by atoms with Crippen LogP contribution in [0.3, 0.4) is 0 Å². The van der Waals surface area contributed by atoms with Gasteiger partial charge in [-0.25, -0.2) is 0 Å². The quantitative estimate of drug-likeness (QED) is 0.626. The van der Waals surface area contributed by atoms with Crippen molar-refractivity contribution in [3.63, 3.8) is 0 Å². The Morgan fingerprint density at radius 1 is 1.00 bits per heavy atom. The maximum atomic E-state index is 2.50. The van der Waals surface area contributed by atoms with Crippen molar-refractivity contribution in [1.82, 2.24) is 0 Å². The molecule has 1 aliphatic rings. The maximum Gasteiger partial charge on any atom is 0.0372 e. The van der Waals surface area contributed by atoms with Crippen molar-refractivity contribution in [3.05, 3.63) is 53.6 Å². The second-order valence-electron chi connectivity index (χ2n) is 6.44. The molecule has 0 fully saturated rings. The van der Waals surface area contributed by atoms with E-state index >= 15 is 0 Å². The number of anilines is 1. The van der Waals surface area contributed by atoms with Gasteiger partial charge in [0.15, 0.2) is 0 Å². The Hall–Kier alpha value is -1.76. The first-order valence-electron chi connectivity index (χ1n) is 8.15. The molecule has 0 amide bonds. The van der Waals surface area contributed by atoms with E-state index in [-0.39, 0.29) is 0 Å². The number of hydrogen-bond acceptors (Lipinski definition) is 1. The normalized spacial score (nSPS) is 12.4. The van der Waals surface area contributed by atoms with Gasteiger partial charge in [-0.05, 0) is 60.1 Å². The summed E-state index contributed by atoms with van der Waals surface area (Å²) in [5.41, 5.74) is 7.17. The molecule has 0 N–H and O–H groups in total. The minimum atomic E-state index is 0.759. The predicted octanol–water partition coefficient (Wildman–Crippen LogP) is 5.13. The fourth-order valence-electron chi connectivity index (χ4n) is 3.19. The molecule has 0 unspecified atom stereocenters. The Balaban J connectivity index is 1.90. The third-order valence-corrected chi connectivity index (χ3v) is 4.51. The zero-order valence-corrected chi connectivity index (χ0v) is 13.4. The first-order chi connectivity index (χ1) is 10.2. The highest BCUT2D eigenvalue weighted by atomic mass is 15.1. The van der Waals surface area contributed by atoms with Gasteiger partial charge < -0.3 is 4.90 Å². The first kappa shape index (κ1) is 14.2. The molecule has 1 heteroatoms. The van der Waals surface area contributed by atoms with Crippen LogP contribution >= 0.6 is 0 Å². The number of benzene rings is 2. The summed E-state index contributed by atoms with van der Waals surface area (Å²) in [5, 5.41) is 0. The Morgan fingerprint density at radius 2 is 1.76 bits per heavy atom. The minimum Gasteiger partial charge on any atom is -0.372 e. The molecular weight excluding hydrogens is 254 g/mol. The van der Waals surface area contributed by atoms with Gasteiger partial charge in [-0.2, -0.15) is 0 Å². The molecule has 21 heavy (non-hydrogen) atoms. The van der Waals surface area contributed by atoms with E-state index in [0.29, 0.717) is 0 Å². The van der Waals surface area contributed by atoms with E-state index in [0.717, 1.165) is 25.4 Å². The highest BCUT2D eigenvalue weighted by Crippen LogP contribution is 2.38. The van der Waals surface area contributed by atoms with Gasteiger partial charge in [0.05, 0.1) is 0 Å². The van der Waals surface area contributed by atoms with E-state index in [1.807, 2.05) is 0 Å². The Kier molecular flexibility index (Phi) is 4.01. The van der Waals surface area contributed by atoms with Crippen LogP contribution < -0.4 is 4.90 Å². The van der Waals surface area contributed by atoms with Crippen molar-refractivity contribution in [2.24, 2.45) is 5.92 Å². The minimum absolute atomic E-state index is 0.759. The van der Waals surface area contributed by atoms with Crippen LogP contribution in [0, 0.1) is 5.92 Å². The lowest BCUT2D eigenvalue weighted by molar-refractivity contribution is 0.576. The van der Waals surface area contributed by atoms with Gasteiger partial charge in [0.25, 0.3) is 0 Å². The predicted molar refractivity (Wildman–Crippen MR) is 92.0 cm³/mol. The van der Waals surface area contributed by atoms with Crippen molar-refractivity contribution >= 4 is 5.69 Å². The van der Waals surface area contributed by atoms with Gasteiger partial charge >= 0.3 is 0 Å². The van der Waals surface area contributed by atoms with Crippen LogP contribution in [-0.4, -0.2) is 13.1 Å². The molecule has 0 saturated heterocycles.